The molecule has 1 unspecified atom stereocenters. The Balaban J connectivity index is 2.45. The molecule has 0 aliphatic carbocycles. The first kappa shape index (κ1) is 10.7. The molecule has 1 rings (SSSR count). The molecule has 1 aromatic heterocycles. The Morgan fingerprint density at radius 3 is 3.00 bits per heavy atom. The number of rotatable bonds is 4. The molecule has 14 heavy (non-hydrogen) atoms. The zero-order chi connectivity index (χ0) is 10.6. The monoisotopic (exact) mass is 196 g/mol. The second-order valence-corrected chi connectivity index (χ2v) is 3.48. The lowest BCUT2D eigenvalue weighted by molar-refractivity contribution is 0.0792. The van der Waals surface area contributed by atoms with Crippen molar-refractivity contribution >= 4 is 5.91 Å². The first-order chi connectivity index (χ1) is 6.61. The maximum Gasteiger partial charge on any atom is 0.256 e. The van der Waals surface area contributed by atoms with Crippen molar-refractivity contribution in [1.82, 2.24) is 15.1 Å². The van der Waals surface area contributed by atoms with E-state index in [4.69, 9.17) is 5.73 Å². The number of carbonyl (C=O) groups excluding carboxylic acids is 1. The molecule has 3 N–H and O–H groups in total. The second-order valence-electron chi connectivity index (χ2n) is 3.48. The van der Waals surface area contributed by atoms with E-state index >= 15 is 0 Å². The maximum atomic E-state index is 11.6. The van der Waals surface area contributed by atoms with Gasteiger partial charge in [0.2, 0.25) is 0 Å². The van der Waals surface area contributed by atoms with Crippen LogP contribution in [-0.4, -0.2) is 40.6 Å². The minimum atomic E-state index is -0.0283. The van der Waals surface area contributed by atoms with Crippen LogP contribution in [0.5, 0.6) is 0 Å². The van der Waals surface area contributed by atoms with Crippen molar-refractivity contribution in [1.29, 1.82) is 0 Å². The Labute approximate surface area is 83.3 Å². The van der Waals surface area contributed by atoms with Crippen molar-refractivity contribution in [3.63, 3.8) is 0 Å². The summed E-state index contributed by atoms with van der Waals surface area (Å²) in [6, 6.07) is 0.120. The van der Waals surface area contributed by atoms with E-state index in [-0.39, 0.29) is 11.9 Å². The Kier molecular flexibility index (Phi) is 3.64. The summed E-state index contributed by atoms with van der Waals surface area (Å²) in [5.41, 5.74) is 6.18. The van der Waals surface area contributed by atoms with Crippen LogP contribution < -0.4 is 5.73 Å². The van der Waals surface area contributed by atoms with Gasteiger partial charge in [0.05, 0.1) is 11.8 Å². The summed E-state index contributed by atoms with van der Waals surface area (Å²) in [7, 11) is 1.76. The number of amides is 1. The number of nitrogens with two attached hydrogens (primary N) is 1. The fraction of sp³-hybridized carbons (Fsp3) is 0.556. The van der Waals surface area contributed by atoms with E-state index in [9.17, 15) is 4.79 Å². The van der Waals surface area contributed by atoms with E-state index in [1.54, 1.807) is 18.1 Å². The molecule has 0 saturated heterocycles. The number of aromatic amines is 1. The average Bonchev–Trinajstić information content (AvgIpc) is 2.65. The van der Waals surface area contributed by atoms with Crippen LogP contribution in [0.1, 0.15) is 23.7 Å². The highest BCUT2D eigenvalue weighted by Gasteiger charge is 2.12. The highest BCUT2D eigenvalue weighted by Crippen LogP contribution is 2.01. The smallest absolute Gasteiger partial charge is 0.256 e. The topological polar surface area (TPSA) is 75.0 Å². The highest BCUT2D eigenvalue weighted by atomic mass is 16.2. The number of H-pyrrole nitrogens is 1. The van der Waals surface area contributed by atoms with Crippen molar-refractivity contribution < 1.29 is 4.79 Å². The summed E-state index contributed by atoms with van der Waals surface area (Å²) in [6.45, 7) is 2.60. The van der Waals surface area contributed by atoms with E-state index in [1.165, 1.54) is 6.20 Å². The zero-order valence-corrected chi connectivity index (χ0v) is 8.53. The van der Waals surface area contributed by atoms with Crippen LogP contribution in [0.3, 0.4) is 0 Å². The van der Waals surface area contributed by atoms with Gasteiger partial charge in [-0.1, -0.05) is 0 Å². The van der Waals surface area contributed by atoms with Crippen LogP contribution in [0.4, 0.5) is 0 Å². The first-order valence-electron chi connectivity index (χ1n) is 4.61. The van der Waals surface area contributed by atoms with Gasteiger partial charge >= 0.3 is 0 Å². The summed E-state index contributed by atoms with van der Waals surface area (Å²) >= 11 is 0. The van der Waals surface area contributed by atoms with Gasteiger partial charge in [-0.25, -0.2) is 0 Å². The van der Waals surface area contributed by atoms with Gasteiger partial charge in [-0.15, -0.1) is 0 Å². The summed E-state index contributed by atoms with van der Waals surface area (Å²) in [5, 5.41) is 6.33. The van der Waals surface area contributed by atoms with Crippen molar-refractivity contribution in [3.8, 4) is 0 Å². The van der Waals surface area contributed by atoms with Crippen LogP contribution in [0.2, 0.25) is 0 Å². The van der Waals surface area contributed by atoms with E-state index in [1.807, 2.05) is 6.92 Å². The molecule has 78 valence electrons. The van der Waals surface area contributed by atoms with E-state index in [0.29, 0.717) is 12.1 Å². The van der Waals surface area contributed by atoms with Gasteiger partial charge in [0.1, 0.15) is 0 Å². The largest absolute Gasteiger partial charge is 0.342 e. The van der Waals surface area contributed by atoms with Gasteiger partial charge in [0, 0.05) is 25.8 Å². The lowest BCUT2D eigenvalue weighted by Crippen LogP contribution is -2.31. The zero-order valence-electron chi connectivity index (χ0n) is 8.53. The predicted octanol–water partition coefficient (Wildman–Crippen LogP) is 0.219. The minimum Gasteiger partial charge on any atom is -0.342 e. The summed E-state index contributed by atoms with van der Waals surface area (Å²) in [6.07, 6.45) is 3.91. The van der Waals surface area contributed by atoms with Gasteiger partial charge < -0.3 is 10.6 Å². The maximum absolute atomic E-state index is 11.6. The lowest BCUT2D eigenvalue weighted by Gasteiger charge is -2.17. The molecule has 0 aliphatic rings. The van der Waals surface area contributed by atoms with Crippen molar-refractivity contribution in [2.24, 2.45) is 5.73 Å². The highest BCUT2D eigenvalue weighted by molar-refractivity contribution is 5.93. The quantitative estimate of drug-likeness (QED) is 0.723. The van der Waals surface area contributed by atoms with Crippen molar-refractivity contribution in [2.75, 3.05) is 13.6 Å². The molecular weight excluding hydrogens is 180 g/mol. The fourth-order valence-electron chi connectivity index (χ4n) is 1.09. The summed E-state index contributed by atoms with van der Waals surface area (Å²) < 4.78 is 0. The molecule has 0 radical (unpaired) electrons. The van der Waals surface area contributed by atoms with Crippen LogP contribution >= 0.6 is 0 Å². The standard InChI is InChI=1S/C9H16N4O/c1-7(10)3-4-13(2)9(14)8-5-11-12-6-8/h5-7H,3-4,10H2,1-2H3,(H,11,12). The van der Waals surface area contributed by atoms with Crippen LogP contribution in [-0.2, 0) is 0 Å². The Bertz CT molecular complexity index is 281. The normalized spacial score (nSPS) is 12.5. The summed E-state index contributed by atoms with van der Waals surface area (Å²) in [4.78, 5) is 13.3. The molecule has 5 heteroatoms. The van der Waals surface area contributed by atoms with Crippen molar-refractivity contribution in [3.05, 3.63) is 18.0 Å². The number of hydrogen-bond acceptors (Lipinski definition) is 3. The average molecular weight is 196 g/mol. The van der Waals surface area contributed by atoms with Gasteiger partial charge in [-0.2, -0.15) is 5.10 Å². The lowest BCUT2D eigenvalue weighted by atomic mass is 10.2. The molecule has 1 aromatic rings. The Hall–Kier alpha value is -1.36. The number of hydrogen-bond donors (Lipinski definition) is 2. The number of carbonyl (C=O) groups is 1. The van der Waals surface area contributed by atoms with Crippen LogP contribution in [0, 0.1) is 0 Å². The molecule has 5 nitrogen and oxygen atoms in total. The Morgan fingerprint density at radius 1 is 1.79 bits per heavy atom. The van der Waals surface area contributed by atoms with Gasteiger partial charge in [-0.3, -0.25) is 9.89 Å². The van der Waals surface area contributed by atoms with Gasteiger partial charge in [0.25, 0.3) is 5.91 Å². The third kappa shape index (κ3) is 2.85. The molecule has 0 aromatic carbocycles. The molecule has 1 atom stereocenters. The fourth-order valence-corrected chi connectivity index (χ4v) is 1.09. The van der Waals surface area contributed by atoms with Crippen molar-refractivity contribution in [2.45, 2.75) is 19.4 Å². The SMILES string of the molecule is CC(N)CCN(C)C(=O)c1cn[nH]c1. The third-order valence-corrected chi connectivity index (χ3v) is 2.01. The molecule has 1 heterocycles. The number of nitrogens with one attached hydrogen (secondary N) is 1. The Morgan fingerprint density at radius 2 is 2.50 bits per heavy atom. The number of aromatic nitrogens is 2. The molecule has 0 spiro atoms. The third-order valence-electron chi connectivity index (χ3n) is 2.01. The van der Waals surface area contributed by atoms with Crippen LogP contribution in [0.25, 0.3) is 0 Å². The minimum absolute atomic E-state index is 0.0283. The molecule has 1 amide bonds. The molecule has 0 fully saturated rings. The predicted molar refractivity (Wildman–Crippen MR) is 53.8 cm³/mol. The van der Waals surface area contributed by atoms with E-state index in [0.717, 1.165) is 6.42 Å². The van der Waals surface area contributed by atoms with E-state index < -0.39 is 0 Å². The van der Waals surface area contributed by atoms with E-state index in [2.05, 4.69) is 10.2 Å². The van der Waals surface area contributed by atoms with Gasteiger partial charge in [-0.05, 0) is 13.3 Å². The summed E-state index contributed by atoms with van der Waals surface area (Å²) in [5.74, 6) is -0.0283. The first-order valence-corrected chi connectivity index (χ1v) is 4.61. The van der Waals surface area contributed by atoms with Crippen LogP contribution in [0.15, 0.2) is 12.4 Å². The molecule has 0 saturated carbocycles. The number of nitrogens with zero attached hydrogens (tertiary/aromatic N) is 2. The molecule has 0 aliphatic heterocycles. The van der Waals surface area contributed by atoms with Gasteiger partial charge in [0.15, 0.2) is 0 Å². The molecular formula is C9H16N4O. The second kappa shape index (κ2) is 4.76. The molecule has 0 bridgehead atoms.